The van der Waals surface area contributed by atoms with Gasteiger partial charge in [0.25, 0.3) is 15.9 Å². The summed E-state index contributed by atoms with van der Waals surface area (Å²) < 4.78 is 31.0. The van der Waals surface area contributed by atoms with Gasteiger partial charge in [-0.15, -0.1) is 4.83 Å². The Balaban J connectivity index is 2.24. The topological polar surface area (TPSA) is 84.5 Å². The molecule has 2 aromatic carbocycles. The molecule has 2 rings (SSSR count). The molecule has 0 aliphatic rings. The number of hydrogen-bond acceptors (Lipinski definition) is 4. The van der Waals surface area contributed by atoms with Crippen LogP contribution in [0.1, 0.15) is 45.1 Å². The summed E-state index contributed by atoms with van der Waals surface area (Å²) in [7, 11) is -3.91. The summed E-state index contributed by atoms with van der Waals surface area (Å²) in [6, 6.07) is 6.47. The summed E-state index contributed by atoms with van der Waals surface area (Å²) >= 11 is 0. The van der Waals surface area contributed by atoms with Crippen molar-refractivity contribution in [3.63, 3.8) is 0 Å². The third kappa shape index (κ3) is 4.31. The lowest BCUT2D eigenvalue weighted by Gasteiger charge is -2.19. The largest absolute Gasteiger partial charge is 0.494 e. The van der Waals surface area contributed by atoms with Gasteiger partial charge in [0.05, 0.1) is 11.5 Å². The lowest BCUT2D eigenvalue weighted by atomic mass is 9.95. The van der Waals surface area contributed by atoms with E-state index in [1.54, 1.807) is 38.1 Å². The van der Waals surface area contributed by atoms with Crippen molar-refractivity contribution in [1.29, 1.82) is 0 Å². The number of benzene rings is 2. The number of sulfonamides is 1. The lowest BCUT2D eigenvalue weighted by Crippen LogP contribution is -2.42. The quantitative estimate of drug-likeness (QED) is 0.742. The van der Waals surface area contributed by atoms with Crippen molar-refractivity contribution in [3.05, 3.63) is 57.6 Å². The van der Waals surface area contributed by atoms with Crippen molar-refractivity contribution in [3.8, 4) is 5.75 Å². The maximum atomic E-state index is 12.8. The van der Waals surface area contributed by atoms with Crippen LogP contribution < -0.4 is 15.0 Å². The molecule has 7 heteroatoms. The Morgan fingerprint density at radius 1 is 0.889 bits per heavy atom. The highest BCUT2D eigenvalue weighted by molar-refractivity contribution is 7.89. The van der Waals surface area contributed by atoms with Gasteiger partial charge in [0, 0.05) is 5.56 Å². The number of nitrogens with one attached hydrogen (secondary N) is 2. The molecule has 1 amide bonds. The summed E-state index contributed by atoms with van der Waals surface area (Å²) in [6.07, 6.45) is 0. The van der Waals surface area contributed by atoms with Crippen molar-refractivity contribution in [2.75, 3.05) is 6.61 Å². The fourth-order valence-corrected chi connectivity index (χ4v) is 4.42. The molecule has 2 aromatic rings. The van der Waals surface area contributed by atoms with Crippen LogP contribution in [0.25, 0.3) is 0 Å². The van der Waals surface area contributed by atoms with E-state index in [0.717, 1.165) is 16.7 Å². The van der Waals surface area contributed by atoms with Crippen LogP contribution in [-0.2, 0) is 10.0 Å². The normalized spacial score (nSPS) is 11.3. The highest BCUT2D eigenvalue weighted by atomic mass is 32.2. The molecule has 0 aliphatic carbocycles. The third-order valence-electron chi connectivity index (χ3n) is 4.93. The number of carbonyl (C=O) groups is 1. The molecule has 146 valence electrons. The van der Waals surface area contributed by atoms with Gasteiger partial charge < -0.3 is 4.74 Å². The Hall–Kier alpha value is -2.38. The maximum Gasteiger partial charge on any atom is 0.266 e. The minimum absolute atomic E-state index is 0.204. The van der Waals surface area contributed by atoms with Gasteiger partial charge in [-0.2, -0.15) is 0 Å². The van der Waals surface area contributed by atoms with E-state index < -0.39 is 15.9 Å². The standard InChI is InChI=1S/C20H26N2O4S/c1-7-26-18-10-8-17(9-11-18)20(23)21-22-27(24,25)19-15(5)13(3)12(2)14(4)16(19)6/h8-11,22H,7H2,1-6H3,(H,21,23). The Kier molecular flexibility index (Phi) is 6.28. The second-order valence-electron chi connectivity index (χ2n) is 6.47. The van der Waals surface area contributed by atoms with Gasteiger partial charge in [0.1, 0.15) is 5.75 Å². The first-order valence-corrected chi connectivity index (χ1v) is 10.2. The van der Waals surface area contributed by atoms with Crippen LogP contribution in [0.5, 0.6) is 5.75 Å². The van der Waals surface area contributed by atoms with Gasteiger partial charge in [0.15, 0.2) is 0 Å². The van der Waals surface area contributed by atoms with Crippen molar-refractivity contribution < 1.29 is 17.9 Å². The zero-order valence-corrected chi connectivity index (χ0v) is 17.4. The number of carbonyl (C=O) groups excluding carboxylic acids is 1. The van der Waals surface area contributed by atoms with Crippen molar-refractivity contribution in [2.45, 2.75) is 46.4 Å². The molecule has 0 spiro atoms. The second kappa shape index (κ2) is 8.10. The van der Waals surface area contributed by atoms with Gasteiger partial charge in [-0.3, -0.25) is 10.2 Å². The molecule has 0 aliphatic heterocycles. The number of hydrazine groups is 1. The predicted octanol–water partition coefficient (Wildman–Crippen LogP) is 3.25. The molecule has 2 N–H and O–H groups in total. The molecule has 6 nitrogen and oxygen atoms in total. The molecule has 0 bridgehead atoms. The monoisotopic (exact) mass is 390 g/mol. The van der Waals surface area contributed by atoms with Crippen molar-refractivity contribution in [1.82, 2.24) is 10.3 Å². The van der Waals surface area contributed by atoms with Crippen LogP contribution in [0.15, 0.2) is 29.2 Å². The molecule has 0 radical (unpaired) electrons. The van der Waals surface area contributed by atoms with Gasteiger partial charge in [-0.25, -0.2) is 8.42 Å². The van der Waals surface area contributed by atoms with Crippen LogP contribution in [0.2, 0.25) is 0 Å². The van der Waals surface area contributed by atoms with E-state index in [-0.39, 0.29) is 4.90 Å². The molecule has 0 aromatic heterocycles. The minimum Gasteiger partial charge on any atom is -0.494 e. The molecule has 0 atom stereocenters. The van der Waals surface area contributed by atoms with E-state index in [4.69, 9.17) is 4.74 Å². The van der Waals surface area contributed by atoms with Crippen LogP contribution in [0.4, 0.5) is 0 Å². The van der Waals surface area contributed by atoms with E-state index in [1.165, 1.54) is 0 Å². The number of amides is 1. The molecule has 0 unspecified atom stereocenters. The van der Waals surface area contributed by atoms with Gasteiger partial charge in [0.2, 0.25) is 0 Å². The Labute approximate surface area is 161 Å². The number of rotatable bonds is 6. The van der Waals surface area contributed by atoms with Gasteiger partial charge in [-0.05, 0) is 93.6 Å². The molecule has 27 heavy (non-hydrogen) atoms. The van der Waals surface area contributed by atoms with Crippen LogP contribution in [0, 0.1) is 34.6 Å². The zero-order chi connectivity index (χ0) is 20.4. The van der Waals surface area contributed by atoms with Crippen LogP contribution in [0.3, 0.4) is 0 Å². The minimum atomic E-state index is -3.91. The van der Waals surface area contributed by atoms with E-state index >= 15 is 0 Å². The van der Waals surface area contributed by atoms with E-state index in [1.807, 2.05) is 27.7 Å². The fourth-order valence-electron chi connectivity index (χ4n) is 2.97. The summed E-state index contributed by atoms with van der Waals surface area (Å²) in [4.78, 5) is 14.7. The first-order chi connectivity index (χ1) is 12.6. The Morgan fingerprint density at radius 3 is 1.85 bits per heavy atom. The average molecular weight is 391 g/mol. The van der Waals surface area contributed by atoms with E-state index in [9.17, 15) is 13.2 Å². The van der Waals surface area contributed by atoms with Crippen LogP contribution >= 0.6 is 0 Å². The van der Waals surface area contributed by atoms with Crippen LogP contribution in [-0.4, -0.2) is 20.9 Å². The molecule has 0 saturated carbocycles. The molecule has 0 saturated heterocycles. The highest BCUT2D eigenvalue weighted by Gasteiger charge is 2.24. The third-order valence-corrected chi connectivity index (χ3v) is 6.45. The number of ether oxygens (including phenoxy) is 1. The molecule has 0 fully saturated rings. The summed E-state index contributed by atoms with van der Waals surface area (Å²) in [5, 5.41) is 0. The highest BCUT2D eigenvalue weighted by Crippen LogP contribution is 2.29. The summed E-state index contributed by atoms with van der Waals surface area (Å²) in [5.41, 5.74) is 6.89. The lowest BCUT2D eigenvalue weighted by molar-refractivity contribution is 0.0945. The predicted molar refractivity (Wildman–Crippen MR) is 106 cm³/mol. The SMILES string of the molecule is CCOc1ccc(C(=O)NNS(=O)(=O)c2c(C)c(C)c(C)c(C)c2C)cc1. The van der Waals surface area contributed by atoms with Gasteiger partial charge in [-0.1, -0.05) is 0 Å². The first-order valence-electron chi connectivity index (χ1n) is 8.72. The first kappa shape index (κ1) is 20.9. The summed E-state index contributed by atoms with van der Waals surface area (Å²) in [5.74, 6) is 0.101. The second-order valence-corrected chi connectivity index (χ2v) is 8.09. The Bertz CT molecular complexity index is 935. The van der Waals surface area contributed by atoms with E-state index in [2.05, 4.69) is 10.3 Å². The Morgan fingerprint density at radius 2 is 1.37 bits per heavy atom. The zero-order valence-electron chi connectivity index (χ0n) is 16.6. The molecule has 0 heterocycles. The van der Waals surface area contributed by atoms with Crippen molar-refractivity contribution >= 4 is 15.9 Å². The molecular formula is C20H26N2O4S. The smallest absolute Gasteiger partial charge is 0.266 e. The summed E-state index contributed by atoms with van der Waals surface area (Å²) in [6.45, 7) is 11.7. The fraction of sp³-hybridized carbons (Fsp3) is 0.350. The maximum absolute atomic E-state index is 12.8. The van der Waals surface area contributed by atoms with Gasteiger partial charge >= 0.3 is 0 Å². The average Bonchev–Trinajstić information content (AvgIpc) is 2.64. The van der Waals surface area contributed by atoms with E-state index in [0.29, 0.717) is 29.0 Å². The molecular weight excluding hydrogens is 364 g/mol. The number of hydrogen-bond donors (Lipinski definition) is 2. The van der Waals surface area contributed by atoms with Crippen molar-refractivity contribution in [2.24, 2.45) is 0 Å².